The van der Waals surface area contributed by atoms with Crippen molar-refractivity contribution >= 4 is 0 Å². The molecule has 0 unspecified atom stereocenters. The quantitative estimate of drug-likeness (QED) is 0.714. The third-order valence-corrected chi connectivity index (χ3v) is 3.31. The number of hydrogen-bond donors (Lipinski definition) is 1. The highest BCUT2D eigenvalue weighted by Crippen LogP contribution is 2.14. The minimum absolute atomic E-state index is 0.480. The number of furan rings is 1. The molecule has 0 saturated heterocycles. The molecule has 0 atom stereocenters. The van der Waals surface area contributed by atoms with Crippen molar-refractivity contribution in [3.05, 3.63) is 23.7 Å². The van der Waals surface area contributed by atoms with Gasteiger partial charge >= 0.3 is 0 Å². The molecule has 1 aromatic rings. The van der Waals surface area contributed by atoms with Gasteiger partial charge in [0, 0.05) is 31.2 Å². The number of likely N-dealkylation sites (N-methyl/N-ethyl adjacent to an activating group) is 1. The van der Waals surface area contributed by atoms with E-state index in [2.05, 4.69) is 56.0 Å². The van der Waals surface area contributed by atoms with Crippen molar-refractivity contribution in [2.24, 2.45) is 0 Å². The van der Waals surface area contributed by atoms with Crippen LogP contribution in [-0.4, -0.2) is 49.6 Å². The molecule has 0 bridgehead atoms. The van der Waals surface area contributed by atoms with E-state index >= 15 is 0 Å². The van der Waals surface area contributed by atoms with Crippen LogP contribution in [0.25, 0.3) is 0 Å². The molecule has 1 N–H and O–H groups in total. The van der Waals surface area contributed by atoms with Gasteiger partial charge < -0.3 is 14.6 Å². The van der Waals surface area contributed by atoms with E-state index < -0.39 is 0 Å². The third kappa shape index (κ3) is 6.55. The van der Waals surface area contributed by atoms with Crippen molar-refractivity contribution in [2.45, 2.75) is 46.3 Å². The molecule has 1 rings (SSSR count). The van der Waals surface area contributed by atoms with Crippen LogP contribution in [0.15, 0.2) is 16.7 Å². The van der Waals surface area contributed by atoms with Crippen LogP contribution in [-0.2, 0) is 13.1 Å². The van der Waals surface area contributed by atoms with E-state index in [1.165, 1.54) is 12.0 Å². The van der Waals surface area contributed by atoms with Gasteiger partial charge in [-0.2, -0.15) is 0 Å². The minimum Gasteiger partial charge on any atom is -0.468 e. The van der Waals surface area contributed by atoms with Crippen LogP contribution in [0.1, 0.15) is 38.5 Å². The summed E-state index contributed by atoms with van der Waals surface area (Å²) in [5.74, 6) is 1.07. The van der Waals surface area contributed by atoms with Crippen molar-refractivity contribution in [2.75, 3.05) is 33.7 Å². The zero-order chi connectivity index (χ0) is 15.0. The lowest BCUT2D eigenvalue weighted by atomic mass is 10.2. The zero-order valence-corrected chi connectivity index (χ0v) is 13.8. The molecule has 4 heteroatoms. The lowest BCUT2D eigenvalue weighted by Gasteiger charge is -2.23. The van der Waals surface area contributed by atoms with Crippen LogP contribution in [0, 0.1) is 0 Å². The van der Waals surface area contributed by atoms with E-state index in [1.807, 2.05) is 6.26 Å². The van der Waals surface area contributed by atoms with Crippen LogP contribution < -0.4 is 5.32 Å². The van der Waals surface area contributed by atoms with Crippen molar-refractivity contribution in [1.29, 1.82) is 0 Å². The first-order valence-corrected chi connectivity index (χ1v) is 7.68. The van der Waals surface area contributed by atoms with Gasteiger partial charge in [-0.1, -0.05) is 20.8 Å². The summed E-state index contributed by atoms with van der Waals surface area (Å²) in [5.41, 5.74) is 1.31. The monoisotopic (exact) mass is 281 g/mol. The smallest absolute Gasteiger partial charge is 0.122 e. The molecule has 0 aliphatic carbocycles. The molecule has 1 aromatic heterocycles. The van der Waals surface area contributed by atoms with Crippen molar-refractivity contribution in [3.63, 3.8) is 0 Å². The first kappa shape index (κ1) is 17.2. The Kier molecular flexibility index (Phi) is 7.88. The van der Waals surface area contributed by atoms with Gasteiger partial charge in [-0.05, 0) is 33.1 Å². The maximum atomic E-state index is 5.62. The maximum Gasteiger partial charge on any atom is 0.122 e. The highest BCUT2D eigenvalue weighted by atomic mass is 16.3. The molecule has 0 radical (unpaired) electrons. The standard InChI is InChI=1S/C16H31N3O/c1-6-8-19(10-9-18(4)5)13-15-7-11-20-16(15)12-17-14(2)3/h7,11,14,17H,6,8-10,12-13H2,1-5H3. The molecule has 0 aromatic carbocycles. The lowest BCUT2D eigenvalue weighted by Crippen LogP contribution is -2.32. The summed E-state index contributed by atoms with van der Waals surface area (Å²) in [5, 5.41) is 3.42. The van der Waals surface area contributed by atoms with Gasteiger partial charge in [-0.25, -0.2) is 0 Å². The van der Waals surface area contributed by atoms with Crippen LogP contribution >= 0.6 is 0 Å². The highest BCUT2D eigenvalue weighted by Gasteiger charge is 2.11. The molecule has 0 spiro atoms. The molecule has 1 heterocycles. The Morgan fingerprint density at radius 1 is 1.20 bits per heavy atom. The van der Waals surface area contributed by atoms with Crippen molar-refractivity contribution < 1.29 is 4.42 Å². The summed E-state index contributed by atoms with van der Waals surface area (Å²) >= 11 is 0. The first-order chi connectivity index (χ1) is 9.52. The first-order valence-electron chi connectivity index (χ1n) is 7.68. The molecule has 0 aliphatic rings. The van der Waals surface area contributed by atoms with Crippen LogP contribution in [0.3, 0.4) is 0 Å². The fourth-order valence-electron chi connectivity index (χ4n) is 2.13. The summed E-state index contributed by atoms with van der Waals surface area (Å²) in [6, 6.07) is 2.59. The second kappa shape index (κ2) is 9.16. The maximum absolute atomic E-state index is 5.62. The Labute approximate surface area is 124 Å². The minimum atomic E-state index is 0.480. The largest absolute Gasteiger partial charge is 0.468 e. The Morgan fingerprint density at radius 3 is 2.55 bits per heavy atom. The second-order valence-electron chi connectivity index (χ2n) is 5.98. The van der Waals surface area contributed by atoms with Crippen molar-refractivity contribution in [3.8, 4) is 0 Å². The van der Waals surface area contributed by atoms with Crippen LogP contribution in [0.5, 0.6) is 0 Å². The predicted octanol–water partition coefficient (Wildman–Crippen LogP) is 2.55. The van der Waals surface area contributed by atoms with Crippen molar-refractivity contribution in [1.82, 2.24) is 15.1 Å². The zero-order valence-electron chi connectivity index (χ0n) is 13.8. The van der Waals surface area contributed by atoms with E-state index in [4.69, 9.17) is 4.42 Å². The van der Waals surface area contributed by atoms with Gasteiger partial charge in [-0.15, -0.1) is 0 Å². The third-order valence-electron chi connectivity index (χ3n) is 3.31. The number of rotatable bonds is 10. The number of nitrogens with one attached hydrogen (secondary N) is 1. The molecular formula is C16H31N3O. The number of hydrogen-bond acceptors (Lipinski definition) is 4. The van der Waals surface area contributed by atoms with Gasteiger partial charge in [0.25, 0.3) is 0 Å². The van der Waals surface area contributed by atoms with E-state index in [-0.39, 0.29) is 0 Å². The summed E-state index contributed by atoms with van der Waals surface area (Å²) in [7, 11) is 4.25. The Morgan fingerprint density at radius 2 is 1.95 bits per heavy atom. The molecular weight excluding hydrogens is 250 g/mol. The molecule has 20 heavy (non-hydrogen) atoms. The predicted molar refractivity (Wildman–Crippen MR) is 84.8 cm³/mol. The normalized spacial score (nSPS) is 12.0. The van der Waals surface area contributed by atoms with Gasteiger partial charge in [-0.3, -0.25) is 4.90 Å². The van der Waals surface area contributed by atoms with Crippen LogP contribution in [0.2, 0.25) is 0 Å². The average molecular weight is 281 g/mol. The average Bonchev–Trinajstić information content (AvgIpc) is 2.81. The van der Waals surface area contributed by atoms with Crippen LogP contribution in [0.4, 0.5) is 0 Å². The number of nitrogens with zero attached hydrogens (tertiary/aromatic N) is 2. The molecule has 116 valence electrons. The lowest BCUT2D eigenvalue weighted by molar-refractivity contribution is 0.232. The Bertz CT molecular complexity index is 360. The summed E-state index contributed by atoms with van der Waals surface area (Å²) in [4.78, 5) is 4.74. The Balaban J connectivity index is 2.56. The molecule has 0 aliphatic heterocycles. The topological polar surface area (TPSA) is 31.6 Å². The fraction of sp³-hybridized carbons (Fsp3) is 0.750. The second-order valence-corrected chi connectivity index (χ2v) is 5.98. The summed E-state index contributed by atoms with van der Waals surface area (Å²) in [6.07, 6.45) is 2.99. The van der Waals surface area contributed by atoms with E-state index in [0.717, 1.165) is 38.5 Å². The SMILES string of the molecule is CCCN(CCN(C)C)Cc1ccoc1CNC(C)C. The molecule has 0 saturated carbocycles. The van der Waals surface area contributed by atoms with E-state index in [0.29, 0.717) is 6.04 Å². The van der Waals surface area contributed by atoms with Gasteiger partial charge in [0.1, 0.15) is 5.76 Å². The van der Waals surface area contributed by atoms with E-state index in [1.54, 1.807) is 0 Å². The fourth-order valence-corrected chi connectivity index (χ4v) is 2.13. The van der Waals surface area contributed by atoms with Gasteiger partial charge in [0.05, 0.1) is 12.8 Å². The van der Waals surface area contributed by atoms with Gasteiger partial charge in [0.2, 0.25) is 0 Å². The summed E-state index contributed by atoms with van der Waals surface area (Å²) in [6.45, 7) is 11.7. The molecule has 0 fully saturated rings. The highest BCUT2D eigenvalue weighted by molar-refractivity contribution is 5.17. The summed E-state index contributed by atoms with van der Waals surface area (Å²) < 4.78 is 5.62. The van der Waals surface area contributed by atoms with E-state index in [9.17, 15) is 0 Å². The molecule has 0 amide bonds. The Hall–Kier alpha value is -0.840. The van der Waals surface area contributed by atoms with Gasteiger partial charge in [0.15, 0.2) is 0 Å². The molecule has 4 nitrogen and oxygen atoms in total.